The smallest absolute Gasteiger partial charge is 0.269 e. The van der Waals surface area contributed by atoms with E-state index in [2.05, 4.69) is 17.8 Å². The second-order valence-electron chi connectivity index (χ2n) is 5.36. The molecule has 0 aromatic heterocycles. The summed E-state index contributed by atoms with van der Waals surface area (Å²) in [5.41, 5.74) is 5.93. The average molecular weight is 286 g/mol. The van der Waals surface area contributed by atoms with E-state index < -0.39 is 0 Å². The molecule has 0 spiro atoms. The Hall–Kier alpha value is -2.07. The molecule has 112 valence electrons. The van der Waals surface area contributed by atoms with Crippen molar-refractivity contribution in [3.05, 3.63) is 42.0 Å². The molecule has 1 amide bonds. The summed E-state index contributed by atoms with van der Waals surface area (Å²) in [6.07, 6.45) is 3.25. The Balaban J connectivity index is 2.07. The molecule has 2 aromatic rings. The number of benzene rings is 2. The van der Waals surface area contributed by atoms with Gasteiger partial charge in [-0.2, -0.15) is 0 Å². The number of carbonyl (C=O) groups is 1. The first-order chi connectivity index (χ1) is 10.1. The Kier molecular flexibility index (Phi) is 5.17. The third-order valence-corrected chi connectivity index (χ3v) is 3.53. The van der Waals surface area contributed by atoms with Gasteiger partial charge in [-0.05, 0) is 36.2 Å². The van der Waals surface area contributed by atoms with Crippen LogP contribution < -0.4 is 10.9 Å². The van der Waals surface area contributed by atoms with Gasteiger partial charge in [-0.15, -0.1) is 0 Å². The monoisotopic (exact) mass is 286 g/mol. The number of carbonyl (C=O) groups excluding carboxylic acids is 1. The summed E-state index contributed by atoms with van der Waals surface area (Å²) < 4.78 is 0. The number of hydrogen-bond donors (Lipinski definition) is 3. The van der Waals surface area contributed by atoms with E-state index in [0.717, 1.165) is 30.0 Å². The van der Waals surface area contributed by atoms with Crippen LogP contribution in [-0.2, 0) is 0 Å². The second-order valence-corrected chi connectivity index (χ2v) is 5.36. The van der Waals surface area contributed by atoms with Gasteiger partial charge in [-0.3, -0.25) is 10.2 Å². The predicted molar refractivity (Wildman–Crippen MR) is 85.2 cm³/mol. The van der Waals surface area contributed by atoms with Crippen LogP contribution in [0.2, 0.25) is 0 Å². The average Bonchev–Trinajstić information content (AvgIpc) is 2.49. The summed E-state index contributed by atoms with van der Waals surface area (Å²) in [5, 5.41) is 11.8. The number of hydrazine groups is 1. The van der Waals surface area contributed by atoms with Crippen LogP contribution in [0.3, 0.4) is 0 Å². The molecule has 3 N–H and O–H groups in total. The zero-order valence-electron chi connectivity index (χ0n) is 12.5. The van der Waals surface area contributed by atoms with Crippen LogP contribution >= 0.6 is 0 Å². The summed E-state index contributed by atoms with van der Waals surface area (Å²) in [5.74, 6) is -0.323. The molecule has 0 fully saturated rings. The summed E-state index contributed by atoms with van der Waals surface area (Å²) >= 11 is 0. The Morgan fingerprint density at radius 2 is 1.90 bits per heavy atom. The van der Waals surface area contributed by atoms with Crippen molar-refractivity contribution in [3.8, 4) is 5.75 Å². The molecule has 1 unspecified atom stereocenters. The highest BCUT2D eigenvalue weighted by molar-refractivity contribution is 6.01. The molecule has 0 bridgehead atoms. The van der Waals surface area contributed by atoms with Crippen molar-refractivity contribution in [1.82, 2.24) is 10.9 Å². The molecular weight excluding hydrogens is 264 g/mol. The largest absolute Gasteiger partial charge is 0.507 e. The van der Waals surface area contributed by atoms with Crippen LogP contribution in [0.15, 0.2) is 36.4 Å². The van der Waals surface area contributed by atoms with E-state index in [4.69, 9.17) is 0 Å². The summed E-state index contributed by atoms with van der Waals surface area (Å²) in [6, 6.07) is 11.2. The Bertz CT molecular complexity index is 625. The molecule has 21 heavy (non-hydrogen) atoms. The lowest BCUT2D eigenvalue weighted by atomic mass is 10.1. The Morgan fingerprint density at radius 3 is 2.57 bits per heavy atom. The molecule has 4 nitrogen and oxygen atoms in total. The maximum Gasteiger partial charge on any atom is 0.269 e. The topological polar surface area (TPSA) is 61.4 Å². The van der Waals surface area contributed by atoms with E-state index in [-0.39, 0.29) is 23.3 Å². The Morgan fingerprint density at radius 1 is 1.24 bits per heavy atom. The SMILES string of the molecule is CCCCC(C)NNC(=O)c1cc2ccccc2cc1O. The number of phenols is 1. The number of aromatic hydroxyl groups is 1. The van der Waals surface area contributed by atoms with Gasteiger partial charge in [0.1, 0.15) is 5.75 Å². The van der Waals surface area contributed by atoms with E-state index in [9.17, 15) is 9.90 Å². The molecule has 0 saturated carbocycles. The van der Waals surface area contributed by atoms with Crippen LogP contribution in [0, 0.1) is 0 Å². The maximum absolute atomic E-state index is 12.2. The van der Waals surface area contributed by atoms with Crippen molar-refractivity contribution in [2.75, 3.05) is 0 Å². The normalized spacial score (nSPS) is 12.3. The first-order valence-corrected chi connectivity index (χ1v) is 7.39. The zero-order valence-corrected chi connectivity index (χ0v) is 12.5. The fourth-order valence-corrected chi connectivity index (χ4v) is 2.25. The van der Waals surface area contributed by atoms with Gasteiger partial charge in [-0.1, -0.05) is 44.0 Å². The lowest BCUT2D eigenvalue weighted by molar-refractivity contribution is 0.0922. The minimum atomic E-state index is -0.318. The second kappa shape index (κ2) is 7.09. The van der Waals surface area contributed by atoms with Crippen molar-refractivity contribution < 1.29 is 9.90 Å². The highest BCUT2D eigenvalue weighted by Crippen LogP contribution is 2.24. The van der Waals surface area contributed by atoms with Gasteiger partial charge in [0.2, 0.25) is 0 Å². The van der Waals surface area contributed by atoms with Gasteiger partial charge in [0.25, 0.3) is 5.91 Å². The van der Waals surface area contributed by atoms with Gasteiger partial charge < -0.3 is 5.11 Å². The molecule has 0 saturated heterocycles. The van der Waals surface area contributed by atoms with Crippen molar-refractivity contribution >= 4 is 16.7 Å². The summed E-state index contributed by atoms with van der Waals surface area (Å²) in [4.78, 5) is 12.2. The lowest BCUT2D eigenvalue weighted by Crippen LogP contribution is -2.43. The standard InChI is InChI=1S/C17H22N2O2/c1-3-4-7-12(2)18-19-17(21)15-10-13-8-5-6-9-14(13)11-16(15)20/h5-6,8-12,18,20H,3-4,7H2,1-2H3,(H,19,21). The van der Waals surface area contributed by atoms with E-state index >= 15 is 0 Å². The van der Waals surface area contributed by atoms with Crippen LogP contribution in [0.5, 0.6) is 5.75 Å². The van der Waals surface area contributed by atoms with Gasteiger partial charge in [-0.25, -0.2) is 5.43 Å². The van der Waals surface area contributed by atoms with Crippen LogP contribution in [0.1, 0.15) is 43.5 Å². The van der Waals surface area contributed by atoms with Crippen molar-refractivity contribution in [2.45, 2.75) is 39.2 Å². The zero-order chi connectivity index (χ0) is 15.2. The third kappa shape index (κ3) is 3.95. The number of rotatable bonds is 6. The van der Waals surface area contributed by atoms with Gasteiger partial charge >= 0.3 is 0 Å². The molecule has 0 aliphatic carbocycles. The molecule has 0 aliphatic heterocycles. The molecule has 2 aromatic carbocycles. The van der Waals surface area contributed by atoms with Crippen LogP contribution in [0.4, 0.5) is 0 Å². The number of hydrogen-bond acceptors (Lipinski definition) is 3. The van der Waals surface area contributed by atoms with Gasteiger partial charge in [0.05, 0.1) is 5.56 Å². The molecule has 1 atom stereocenters. The van der Waals surface area contributed by atoms with E-state index in [1.807, 2.05) is 31.2 Å². The number of amides is 1. The van der Waals surface area contributed by atoms with E-state index in [1.165, 1.54) is 0 Å². The first kappa shape index (κ1) is 15.3. The molecule has 0 radical (unpaired) electrons. The molecule has 2 rings (SSSR count). The molecule has 0 heterocycles. The maximum atomic E-state index is 12.2. The van der Waals surface area contributed by atoms with Crippen molar-refractivity contribution in [1.29, 1.82) is 0 Å². The number of phenolic OH excluding ortho intramolecular Hbond substituents is 1. The minimum Gasteiger partial charge on any atom is -0.507 e. The van der Waals surface area contributed by atoms with Gasteiger partial charge in [0, 0.05) is 6.04 Å². The molecule has 4 heteroatoms. The fourth-order valence-electron chi connectivity index (χ4n) is 2.25. The van der Waals surface area contributed by atoms with Crippen molar-refractivity contribution in [3.63, 3.8) is 0 Å². The molecular formula is C17H22N2O2. The predicted octanol–water partition coefficient (Wildman–Crippen LogP) is 3.36. The number of fused-ring (bicyclic) bond motifs is 1. The van der Waals surface area contributed by atoms with Crippen molar-refractivity contribution in [2.24, 2.45) is 0 Å². The van der Waals surface area contributed by atoms with Crippen LogP contribution in [-0.4, -0.2) is 17.1 Å². The van der Waals surface area contributed by atoms with Crippen LogP contribution in [0.25, 0.3) is 10.8 Å². The number of nitrogens with one attached hydrogen (secondary N) is 2. The van der Waals surface area contributed by atoms with E-state index in [0.29, 0.717) is 0 Å². The Labute approximate surface area is 125 Å². The summed E-state index contributed by atoms with van der Waals surface area (Å²) in [7, 11) is 0. The minimum absolute atomic E-state index is 0.00536. The third-order valence-electron chi connectivity index (χ3n) is 3.53. The summed E-state index contributed by atoms with van der Waals surface area (Å²) in [6.45, 7) is 4.16. The number of unbranched alkanes of at least 4 members (excludes halogenated alkanes) is 1. The lowest BCUT2D eigenvalue weighted by Gasteiger charge is -2.15. The van der Waals surface area contributed by atoms with E-state index in [1.54, 1.807) is 12.1 Å². The highest BCUT2D eigenvalue weighted by atomic mass is 16.3. The first-order valence-electron chi connectivity index (χ1n) is 7.39. The fraction of sp³-hybridized carbons (Fsp3) is 0.353. The molecule has 0 aliphatic rings. The quantitative estimate of drug-likeness (QED) is 0.714. The van der Waals surface area contributed by atoms with Gasteiger partial charge in [0.15, 0.2) is 0 Å². The highest BCUT2D eigenvalue weighted by Gasteiger charge is 2.13.